The molecular formula is C14H21N3O2. The zero-order valence-corrected chi connectivity index (χ0v) is 11.6. The van der Waals surface area contributed by atoms with Gasteiger partial charge in [-0.25, -0.2) is 4.98 Å². The molecule has 1 aromatic heterocycles. The van der Waals surface area contributed by atoms with Crippen LogP contribution in [0, 0.1) is 0 Å². The van der Waals surface area contributed by atoms with Gasteiger partial charge in [0, 0.05) is 26.7 Å². The number of hydrogen-bond acceptors (Lipinski definition) is 4. The number of methoxy groups -OCH3 is 1. The number of carbonyl (C=O) groups excluding carboxylic acids is 1. The fourth-order valence-electron chi connectivity index (χ4n) is 2.16. The summed E-state index contributed by atoms with van der Waals surface area (Å²) in [5.74, 6) is -0.0124. The van der Waals surface area contributed by atoms with Gasteiger partial charge in [0.15, 0.2) is 0 Å². The number of likely N-dealkylation sites (tertiary alicyclic amines) is 1. The Kier molecular flexibility index (Phi) is 4.74. The van der Waals surface area contributed by atoms with Gasteiger partial charge < -0.3 is 15.0 Å². The molecule has 5 nitrogen and oxygen atoms in total. The Bertz CT molecular complexity index is 419. The number of rotatable bonds is 5. The smallest absolute Gasteiger partial charge is 0.272 e. The molecule has 1 aromatic rings. The van der Waals surface area contributed by atoms with Crippen molar-refractivity contribution in [3.63, 3.8) is 0 Å². The molecule has 2 heterocycles. The van der Waals surface area contributed by atoms with Gasteiger partial charge in [-0.15, -0.1) is 0 Å². The lowest BCUT2D eigenvalue weighted by molar-refractivity contribution is 0.0719. The van der Waals surface area contributed by atoms with Gasteiger partial charge in [0.25, 0.3) is 5.91 Å². The molecule has 19 heavy (non-hydrogen) atoms. The van der Waals surface area contributed by atoms with Crippen LogP contribution in [0.5, 0.6) is 0 Å². The second kappa shape index (κ2) is 6.52. The Hall–Kier alpha value is -1.62. The van der Waals surface area contributed by atoms with E-state index in [-0.39, 0.29) is 12.0 Å². The molecule has 2 rings (SSSR count). The highest BCUT2D eigenvalue weighted by molar-refractivity contribution is 5.92. The molecule has 1 aliphatic heterocycles. The Balaban J connectivity index is 1.96. The normalized spacial score (nSPS) is 18.6. The summed E-state index contributed by atoms with van der Waals surface area (Å²) in [7, 11) is 1.69. The first kappa shape index (κ1) is 13.8. The lowest BCUT2D eigenvalue weighted by Crippen LogP contribution is -2.30. The number of pyridine rings is 1. The fraction of sp³-hybridized carbons (Fsp3) is 0.571. The van der Waals surface area contributed by atoms with Gasteiger partial charge in [-0.3, -0.25) is 4.79 Å². The fourth-order valence-corrected chi connectivity index (χ4v) is 2.16. The summed E-state index contributed by atoms with van der Waals surface area (Å²) in [5, 5.41) is 3.24. The monoisotopic (exact) mass is 263 g/mol. The van der Waals surface area contributed by atoms with Crippen LogP contribution >= 0.6 is 0 Å². The number of anilines is 1. The average molecular weight is 263 g/mol. The van der Waals surface area contributed by atoms with E-state index in [1.807, 2.05) is 6.07 Å². The molecule has 0 aromatic carbocycles. The molecule has 0 saturated carbocycles. The first-order chi connectivity index (χ1) is 9.24. The molecule has 1 atom stereocenters. The minimum absolute atomic E-state index is 0.0124. The molecule has 104 valence electrons. The van der Waals surface area contributed by atoms with Crippen molar-refractivity contribution in [1.29, 1.82) is 0 Å². The van der Waals surface area contributed by atoms with E-state index in [0.717, 1.165) is 31.6 Å². The second-order valence-electron chi connectivity index (χ2n) is 4.76. The molecule has 5 heteroatoms. The van der Waals surface area contributed by atoms with Crippen molar-refractivity contribution in [1.82, 2.24) is 9.88 Å². The van der Waals surface area contributed by atoms with Crippen LogP contribution in [0.3, 0.4) is 0 Å². The number of amides is 1. The maximum absolute atomic E-state index is 12.2. The Morgan fingerprint density at radius 2 is 2.42 bits per heavy atom. The molecule has 0 aliphatic carbocycles. The Morgan fingerprint density at radius 1 is 1.58 bits per heavy atom. The zero-order valence-electron chi connectivity index (χ0n) is 11.6. The number of ether oxygens (including phenoxy) is 1. The van der Waals surface area contributed by atoms with Gasteiger partial charge in [0.1, 0.15) is 5.69 Å². The number of carbonyl (C=O) groups is 1. The second-order valence-corrected chi connectivity index (χ2v) is 4.76. The largest absolute Gasteiger partial charge is 0.384 e. The summed E-state index contributed by atoms with van der Waals surface area (Å²) in [6.45, 7) is 4.43. The van der Waals surface area contributed by atoms with Crippen LogP contribution in [0.2, 0.25) is 0 Å². The zero-order chi connectivity index (χ0) is 13.7. The maximum Gasteiger partial charge on any atom is 0.272 e. The third-order valence-electron chi connectivity index (χ3n) is 3.33. The SMILES string of the molecule is CCCNc1ccc(C(=O)N2CCC(OC)C2)nc1. The van der Waals surface area contributed by atoms with E-state index in [1.165, 1.54) is 0 Å². The molecule has 0 radical (unpaired) electrons. The van der Waals surface area contributed by atoms with Crippen LogP contribution in [0.15, 0.2) is 18.3 Å². The minimum Gasteiger partial charge on any atom is -0.384 e. The standard InChI is InChI=1S/C14H21N3O2/c1-3-7-15-11-4-5-13(16-9-11)14(18)17-8-6-12(10-17)19-2/h4-5,9,12,15H,3,6-8,10H2,1-2H3. The number of nitrogens with zero attached hydrogens (tertiary/aromatic N) is 2. The summed E-state index contributed by atoms with van der Waals surface area (Å²) in [6.07, 6.45) is 3.84. The van der Waals surface area contributed by atoms with Gasteiger partial charge >= 0.3 is 0 Å². The van der Waals surface area contributed by atoms with Crippen molar-refractivity contribution in [3.8, 4) is 0 Å². The van der Waals surface area contributed by atoms with E-state index in [0.29, 0.717) is 12.2 Å². The first-order valence-electron chi connectivity index (χ1n) is 6.76. The van der Waals surface area contributed by atoms with Gasteiger partial charge in [0.05, 0.1) is 18.0 Å². The Morgan fingerprint density at radius 3 is 3.00 bits per heavy atom. The molecule has 1 fully saturated rings. The highest BCUT2D eigenvalue weighted by Gasteiger charge is 2.27. The Labute approximate surface area is 114 Å². The lowest BCUT2D eigenvalue weighted by atomic mass is 10.3. The van der Waals surface area contributed by atoms with Gasteiger partial charge in [-0.05, 0) is 25.0 Å². The number of aromatic nitrogens is 1. The van der Waals surface area contributed by atoms with Crippen LogP contribution in [0.25, 0.3) is 0 Å². The predicted molar refractivity (Wildman–Crippen MR) is 74.3 cm³/mol. The molecule has 0 spiro atoms. The van der Waals surface area contributed by atoms with Crippen molar-refractivity contribution < 1.29 is 9.53 Å². The van der Waals surface area contributed by atoms with Crippen LogP contribution in [0.4, 0.5) is 5.69 Å². The van der Waals surface area contributed by atoms with E-state index >= 15 is 0 Å². The molecule has 1 amide bonds. The highest BCUT2D eigenvalue weighted by atomic mass is 16.5. The third-order valence-corrected chi connectivity index (χ3v) is 3.33. The number of nitrogens with one attached hydrogen (secondary N) is 1. The van der Waals surface area contributed by atoms with Crippen molar-refractivity contribution in [2.75, 3.05) is 32.1 Å². The first-order valence-corrected chi connectivity index (χ1v) is 6.76. The topological polar surface area (TPSA) is 54.5 Å². The maximum atomic E-state index is 12.2. The van der Waals surface area contributed by atoms with Crippen LogP contribution in [-0.2, 0) is 4.74 Å². The van der Waals surface area contributed by atoms with Gasteiger partial charge in [-0.2, -0.15) is 0 Å². The highest BCUT2D eigenvalue weighted by Crippen LogP contribution is 2.15. The molecule has 1 aliphatic rings. The molecular weight excluding hydrogens is 242 g/mol. The van der Waals surface area contributed by atoms with E-state index < -0.39 is 0 Å². The summed E-state index contributed by atoms with van der Waals surface area (Å²) < 4.78 is 5.27. The van der Waals surface area contributed by atoms with Crippen molar-refractivity contribution >= 4 is 11.6 Å². The van der Waals surface area contributed by atoms with Crippen molar-refractivity contribution in [2.24, 2.45) is 0 Å². The van der Waals surface area contributed by atoms with Crippen molar-refractivity contribution in [3.05, 3.63) is 24.0 Å². The summed E-state index contributed by atoms with van der Waals surface area (Å²) in [5.41, 5.74) is 1.45. The van der Waals surface area contributed by atoms with E-state index in [1.54, 1.807) is 24.3 Å². The summed E-state index contributed by atoms with van der Waals surface area (Å²) in [6, 6.07) is 3.68. The number of hydrogen-bond donors (Lipinski definition) is 1. The summed E-state index contributed by atoms with van der Waals surface area (Å²) >= 11 is 0. The predicted octanol–water partition coefficient (Wildman–Crippen LogP) is 1.76. The van der Waals surface area contributed by atoms with Crippen molar-refractivity contribution in [2.45, 2.75) is 25.9 Å². The van der Waals surface area contributed by atoms with E-state index in [9.17, 15) is 4.79 Å². The molecule has 1 N–H and O–H groups in total. The molecule has 0 bridgehead atoms. The van der Waals surface area contributed by atoms with Gasteiger partial charge in [0.2, 0.25) is 0 Å². The third kappa shape index (κ3) is 3.44. The molecule has 1 unspecified atom stereocenters. The van der Waals surface area contributed by atoms with E-state index in [2.05, 4.69) is 17.2 Å². The molecule has 1 saturated heterocycles. The lowest BCUT2D eigenvalue weighted by Gasteiger charge is -2.15. The minimum atomic E-state index is -0.0124. The van der Waals surface area contributed by atoms with Crippen LogP contribution < -0.4 is 5.32 Å². The van der Waals surface area contributed by atoms with Crippen LogP contribution in [-0.4, -0.2) is 48.6 Å². The van der Waals surface area contributed by atoms with E-state index in [4.69, 9.17) is 4.74 Å². The van der Waals surface area contributed by atoms with Crippen LogP contribution in [0.1, 0.15) is 30.3 Å². The summed E-state index contributed by atoms with van der Waals surface area (Å²) in [4.78, 5) is 18.3. The van der Waals surface area contributed by atoms with Gasteiger partial charge in [-0.1, -0.05) is 6.92 Å². The quantitative estimate of drug-likeness (QED) is 0.879. The average Bonchev–Trinajstić information content (AvgIpc) is 2.94.